The van der Waals surface area contributed by atoms with E-state index in [0.717, 1.165) is 30.9 Å². The van der Waals surface area contributed by atoms with Gasteiger partial charge in [-0.2, -0.15) is 0 Å². The van der Waals surface area contributed by atoms with E-state index in [4.69, 9.17) is 4.74 Å². The van der Waals surface area contributed by atoms with Crippen molar-refractivity contribution < 1.29 is 4.74 Å². The molecule has 0 radical (unpaired) electrons. The maximum atomic E-state index is 6.08. The SMILES string of the molecule is BrCCCN(CC1OCCc2ccccc21)C1CCC1. The molecular formula is C17H24BrNO. The molecule has 1 saturated carbocycles. The third-order valence-corrected chi connectivity index (χ3v) is 5.22. The van der Waals surface area contributed by atoms with E-state index in [0.29, 0.717) is 0 Å². The third kappa shape index (κ3) is 3.26. The van der Waals surface area contributed by atoms with Crippen LogP contribution in [0.25, 0.3) is 0 Å². The summed E-state index contributed by atoms with van der Waals surface area (Å²) in [6.45, 7) is 3.13. The number of hydrogen-bond donors (Lipinski definition) is 0. The summed E-state index contributed by atoms with van der Waals surface area (Å²) in [5, 5.41) is 1.10. The van der Waals surface area contributed by atoms with E-state index in [9.17, 15) is 0 Å². The van der Waals surface area contributed by atoms with E-state index in [1.165, 1.54) is 43.4 Å². The highest BCUT2D eigenvalue weighted by Crippen LogP contribution is 2.31. The molecule has 1 heterocycles. The Kier molecular flexibility index (Phi) is 5.14. The predicted molar refractivity (Wildman–Crippen MR) is 86.5 cm³/mol. The van der Waals surface area contributed by atoms with Gasteiger partial charge in [0.2, 0.25) is 0 Å². The van der Waals surface area contributed by atoms with Gasteiger partial charge in [-0.25, -0.2) is 0 Å². The summed E-state index contributed by atoms with van der Waals surface area (Å²) >= 11 is 3.56. The first-order chi connectivity index (χ1) is 9.88. The zero-order valence-corrected chi connectivity index (χ0v) is 13.6. The average molecular weight is 338 g/mol. The minimum absolute atomic E-state index is 0.274. The molecule has 1 aromatic rings. The fraction of sp³-hybridized carbons (Fsp3) is 0.647. The minimum Gasteiger partial charge on any atom is -0.372 e. The van der Waals surface area contributed by atoms with Gasteiger partial charge in [0.05, 0.1) is 12.7 Å². The first kappa shape index (κ1) is 14.6. The second-order valence-corrected chi connectivity index (χ2v) is 6.72. The monoisotopic (exact) mass is 337 g/mol. The number of rotatable bonds is 6. The molecule has 20 heavy (non-hydrogen) atoms. The van der Waals surface area contributed by atoms with Crippen LogP contribution in [0.15, 0.2) is 24.3 Å². The fourth-order valence-corrected chi connectivity index (χ4v) is 3.53. The summed E-state index contributed by atoms with van der Waals surface area (Å²) in [7, 11) is 0. The number of halogens is 1. The maximum Gasteiger partial charge on any atom is 0.0954 e. The van der Waals surface area contributed by atoms with Gasteiger partial charge in [-0.15, -0.1) is 0 Å². The molecule has 1 atom stereocenters. The van der Waals surface area contributed by atoms with Crippen molar-refractivity contribution in [1.82, 2.24) is 4.90 Å². The standard InChI is InChI=1S/C17H24BrNO/c18-10-4-11-19(15-6-3-7-15)13-17-16-8-2-1-5-14(16)9-12-20-17/h1-2,5,8,15,17H,3-4,6-7,9-13H2. The quantitative estimate of drug-likeness (QED) is 0.729. The summed E-state index contributed by atoms with van der Waals surface area (Å²) in [6, 6.07) is 9.61. The van der Waals surface area contributed by atoms with E-state index in [-0.39, 0.29) is 6.10 Å². The van der Waals surface area contributed by atoms with Crippen molar-refractivity contribution in [1.29, 1.82) is 0 Å². The van der Waals surface area contributed by atoms with Crippen LogP contribution in [0.3, 0.4) is 0 Å². The Labute approximate surface area is 130 Å². The molecule has 0 saturated heterocycles. The first-order valence-electron chi connectivity index (χ1n) is 7.88. The average Bonchev–Trinajstić information content (AvgIpc) is 2.43. The van der Waals surface area contributed by atoms with Crippen molar-refractivity contribution in [2.45, 2.75) is 44.2 Å². The number of nitrogens with zero attached hydrogens (tertiary/aromatic N) is 1. The zero-order valence-electron chi connectivity index (χ0n) is 12.1. The van der Waals surface area contributed by atoms with Crippen LogP contribution in [0.4, 0.5) is 0 Å². The number of fused-ring (bicyclic) bond motifs is 1. The fourth-order valence-electron chi connectivity index (χ4n) is 3.28. The molecule has 1 fully saturated rings. The number of ether oxygens (including phenoxy) is 1. The summed E-state index contributed by atoms with van der Waals surface area (Å²) in [5.74, 6) is 0. The topological polar surface area (TPSA) is 12.5 Å². The van der Waals surface area contributed by atoms with Crippen molar-refractivity contribution in [3.8, 4) is 0 Å². The second-order valence-electron chi connectivity index (χ2n) is 5.93. The van der Waals surface area contributed by atoms with Crippen molar-refractivity contribution in [2.24, 2.45) is 0 Å². The van der Waals surface area contributed by atoms with Crippen molar-refractivity contribution in [3.05, 3.63) is 35.4 Å². The molecule has 0 N–H and O–H groups in total. The zero-order chi connectivity index (χ0) is 13.8. The lowest BCUT2D eigenvalue weighted by atomic mass is 9.90. The molecule has 3 rings (SSSR count). The Bertz CT molecular complexity index is 433. The van der Waals surface area contributed by atoms with Gasteiger partial charge in [0, 0.05) is 17.9 Å². The van der Waals surface area contributed by atoms with Crippen LogP contribution in [0.1, 0.15) is 42.9 Å². The molecule has 0 aromatic heterocycles. The normalized spacial score (nSPS) is 22.6. The summed E-state index contributed by atoms with van der Waals surface area (Å²) in [6.07, 6.45) is 6.71. The lowest BCUT2D eigenvalue weighted by molar-refractivity contribution is -0.00436. The van der Waals surface area contributed by atoms with Crippen LogP contribution < -0.4 is 0 Å². The van der Waals surface area contributed by atoms with Crippen LogP contribution in [0.2, 0.25) is 0 Å². The first-order valence-corrected chi connectivity index (χ1v) is 9.00. The largest absolute Gasteiger partial charge is 0.372 e. The molecule has 2 nitrogen and oxygen atoms in total. The Morgan fingerprint density at radius 3 is 2.85 bits per heavy atom. The molecule has 0 bridgehead atoms. The molecule has 1 aliphatic heterocycles. The number of hydrogen-bond acceptors (Lipinski definition) is 2. The summed E-state index contributed by atoms with van der Waals surface area (Å²) < 4.78 is 6.08. The van der Waals surface area contributed by atoms with Gasteiger partial charge in [0.1, 0.15) is 0 Å². The highest BCUT2D eigenvalue weighted by Gasteiger charge is 2.29. The predicted octanol–water partition coefficient (Wildman–Crippen LogP) is 3.94. The smallest absolute Gasteiger partial charge is 0.0954 e. The van der Waals surface area contributed by atoms with Crippen molar-refractivity contribution in [3.63, 3.8) is 0 Å². The van der Waals surface area contributed by atoms with Gasteiger partial charge in [-0.05, 0) is 43.4 Å². The Morgan fingerprint density at radius 2 is 2.10 bits per heavy atom. The minimum atomic E-state index is 0.274. The summed E-state index contributed by atoms with van der Waals surface area (Å²) in [4.78, 5) is 2.66. The molecule has 1 aromatic carbocycles. The molecule has 3 heteroatoms. The maximum absolute atomic E-state index is 6.08. The molecule has 2 aliphatic rings. The highest BCUT2D eigenvalue weighted by atomic mass is 79.9. The summed E-state index contributed by atoms with van der Waals surface area (Å²) in [5.41, 5.74) is 2.90. The molecule has 0 amide bonds. The molecular weight excluding hydrogens is 314 g/mol. The van der Waals surface area contributed by atoms with E-state index >= 15 is 0 Å². The van der Waals surface area contributed by atoms with Gasteiger partial charge in [-0.1, -0.05) is 46.6 Å². The van der Waals surface area contributed by atoms with E-state index in [1.807, 2.05) is 0 Å². The second kappa shape index (κ2) is 7.06. The van der Waals surface area contributed by atoms with Crippen LogP contribution in [0, 0.1) is 0 Å². The third-order valence-electron chi connectivity index (χ3n) is 4.66. The van der Waals surface area contributed by atoms with E-state index in [2.05, 4.69) is 45.1 Å². The molecule has 1 aliphatic carbocycles. The van der Waals surface area contributed by atoms with Crippen LogP contribution in [-0.2, 0) is 11.2 Å². The van der Waals surface area contributed by atoms with E-state index < -0.39 is 0 Å². The lowest BCUT2D eigenvalue weighted by Crippen LogP contribution is -2.44. The molecule has 110 valence electrons. The molecule has 0 spiro atoms. The lowest BCUT2D eigenvalue weighted by Gasteiger charge is -2.40. The molecule has 1 unspecified atom stereocenters. The van der Waals surface area contributed by atoms with Gasteiger partial charge in [0.15, 0.2) is 0 Å². The Hall–Kier alpha value is -0.380. The van der Waals surface area contributed by atoms with Crippen LogP contribution in [0.5, 0.6) is 0 Å². The van der Waals surface area contributed by atoms with Crippen LogP contribution >= 0.6 is 15.9 Å². The van der Waals surface area contributed by atoms with Gasteiger partial charge in [0.25, 0.3) is 0 Å². The van der Waals surface area contributed by atoms with Crippen molar-refractivity contribution in [2.75, 3.05) is 25.0 Å². The Balaban J connectivity index is 1.68. The van der Waals surface area contributed by atoms with Gasteiger partial charge < -0.3 is 4.74 Å². The number of alkyl halides is 1. The Morgan fingerprint density at radius 1 is 1.25 bits per heavy atom. The van der Waals surface area contributed by atoms with E-state index in [1.54, 1.807) is 0 Å². The highest BCUT2D eigenvalue weighted by molar-refractivity contribution is 9.09. The van der Waals surface area contributed by atoms with Crippen LogP contribution in [-0.4, -0.2) is 36.0 Å². The van der Waals surface area contributed by atoms with Gasteiger partial charge in [-0.3, -0.25) is 4.90 Å². The number of benzene rings is 1. The van der Waals surface area contributed by atoms with Gasteiger partial charge >= 0.3 is 0 Å². The van der Waals surface area contributed by atoms with Crippen molar-refractivity contribution >= 4 is 15.9 Å².